The second-order valence-electron chi connectivity index (χ2n) is 6.65. The van der Waals surface area contributed by atoms with E-state index in [9.17, 15) is 14.0 Å². The van der Waals surface area contributed by atoms with Gasteiger partial charge in [-0.05, 0) is 48.6 Å². The summed E-state index contributed by atoms with van der Waals surface area (Å²) >= 11 is 0. The fourth-order valence-electron chi connectivity index (χ4n) is 3.60. The highest BCUT2D eigenvalue weighted by Crippen LogP contribution is 2.35. The van der Waals surface area contributed by atoms with Crippen LogP contribution in [-0.4, -0.2) is 29.9 Å². The smallest absolute Gasteiger partial charge is 0.305 e. The highest BCUT2D eigenvalue weighted by Gasteiger charge is 2.31. The van der Waals surface area contributed by atoms with Gasteiger partial charge in [0.15, 0.2) is 0 Å². The molecule has 1 atom stereocenters. The Morgan fingerprint density at radius 2 is 1.85 bits per heavy atom. The summed E-state index contributed by atoms with van der Waals surface area (Å²) in [5, 5.41) is 0. The summed E-state index contributed by atoms with van der Waals surface area (Å²) in [6.45, 7) is 2.72. The lowest BCUT2D eigenvalue weighted by Crippen LogP contribution is -2.40. The van der Waals surface area contributed by atoms with E-state index in [2.05, 4.69) is 6.07 Å². The molecule has 0 radical (unpaired) electrons. The first-order valence-corrected chi connectivity index (χ1v) is 9.38. The van der Waals surface area contributed by atoms with E-state index in [1.165, 1.54) is 17.7 Å². The zero-order valence-corrected chi connectivity index (χ0v) is 15.5. The molecule has 0 bridgehead atoms. The number of ether oxygens (including phenoxy) is 1. The molecule has 1 aliphatic heterocycles. The van der Waals surface area contributed by atoms with Gasteiger partial charge in [0.2, 0.25) is 5.91 Å². The van der Waals surface area contributed by atoms with Gasteiger partial charge in [-0.15, -0.1) is 0 Å². The average molecular weight is 369 g/mol. The van der Waals surface area contributed by atoms with E-state index in [0.717, 1.165) is 17.5 Å². The SMILES string of the molecule is CCOC(=O)CCCC(=O)N1CCc2ccccc2C1c1ccc(F)cc1. The Morgan fingerprint density at radius 3 is 2.59 bits per heavy atom. The van der Waals surface area contributed by atoms with Crippen LogP contribution >= 0.6 is 0 Å². The predicted octanol–water partition coefficient (Wildman–Crippen LogP) is 4.03. The van der Waals surface area contributed by atoms with Gasteiger partial charge in [0.25, 0.3) is 0 Å². The molecule has 2 aromatic carbocycles. The molecule has 0 aromatic heterocycles. The fourth-order valence-corrected chi connectivity index (χ4v) is 3.60. The molecule has 1 unspecified atom stereocenters. The Balaban J connectivity index is 1.79. The van der Waals surface area contributed by atoms with Crippen molar-refractivity contribution in [3.63, 3.8) is 0 Å². The lowest BCUT2D eigenvalue weighted by molar-refractivity contribution is -0.143. The van der Waals surface area contributed by atoms with Crippen LogP contribution in [0.1, 0.15) is 48.9 Å². The molecule has 142 valence electrons. The number of benzene rings is 2. The van der Waals surface area contributed by atoms with Crippen LogP contribution in [0.3, 0.4) is 0 Å². The van der Waals surface area contributed by atoms with Gasteiger partial charge in [-0.2, -0.15) is 0 Å². The Labute approximate surface area is 158 Å². The first-order chi connectivity index (χ1) is 13.1. The van der Waals surface area contributed by atoms with Crippen LogP contribution in [0, 0.1) is 5.82 Å². The standard InChI is InChI=1S/C22H24FNO3/c1-2-27-21(26)9-5-8-20(25)24-15-14-16-6-3-4-7-19(16)22(24)17-10-12-18(23)13-11-17/h3-4,6-7,10-13,22H,2,5,8-9,14-15H2,1H3. The summed E-state index contributed by atoms with van der Waals surface area (Å²) in [6, 6.07) is 14.2. The van der Waals surface area contributed by atoms with Gasteiger partial charge in [-0.3, -0.25) is 9.59 Å². The lowest BCUT2D eigenvalue weighted by Gasteiger charge is -2.38. The van der Waals surface area contributed by atoms with Crippen LogP contribution in [-0.2, 0) is 20.7 Å². The number of carbonyl (C=O) groups is 2. The second-order valence-corrected chi connectivity index (χ2v) is 6.65. The van der Waals surface area contributed by atoms with Crippen LogP contribution in [0.2, 0.25) is 0 Å². The molecule has 3 rings (SSSR count). The Morgan fingerprint density at radius 1 is 1.11 bits per heavy atom. The normalized spacial score (nSPS) is 15.9. The molecule has 0 fully saturated rings. The first-order valence-electron chi connectivity index (χ1n) is 9.38. The van der Waals surface area contributed by atoms with E-state index in [4.69, 9.17) is 4.74 Å². The highest BCUT2D eigenvalue weighted by molar-refractivity contribution is 5.78. The molecule has 1 aliphatic rings. The molecule has 5 heteroatoms. The molecule has 1 amide bonds. The van der Waals surface area contributed by atoms with Crippen LogP contribution < -0.4 is 0 Å². The maximum atomic E-state index is 13.4. The molecule has 4 nitrogen and oxygen atoms in total. The number of esters is 1. The molecule has 1 heterocycles. The van der Waals surface area contributed by atoms with Gasteiger partial charge in [0, 0.05) is 19.4 Å². The van der Waals surface area contributed by atoms with Crippen molar-refractivity contribution in [3.05, 3.63) is 71.0 Å². The summed E-state index contributed by atoms with van der Waals surface area (Å²) < 4.78 is 18.3. The van der Waals surface area contributed by atoms with E-state index in [1.54, 1.807) is 19.1 Å². The van der Waals surface area contributed by atoms with Crippen molar-refractivity contribution in [2.75, 3.05) is 13.2 Å². The maximum absolute atomic E-state index is 13.4. The molecular formula is C22H24FNO3. The van der Waals surface area contributed by atoms with E-state index >= 15 is 0 Å². The van der Waals surface area contributed by atoms with Crippen molar-refractivity contribution in [1.29, 1.82) is 0 Å². The van der Waals surface area contributed by atoms with E-state index in [0.29, 0.717) is 26.0 Å². The van der Waals surface area contributed by atoms with Gasteiger partial charge < -0.3 is 9.64 Å². The molecule has 27 heavy (non-hydrogen) atoms. The minimum atomic E-state index is -0.296. The molecule has 0 N–H and O–H groups in total. The number of nitrogens with zero attached hydrogens (tertiary/aromatic N) is 1. The third-order valence-electron chi connectivity index (χ3n) is 4.87. The summed E-state index contributed by atoms with van der Waals surface area (Å²) in [7, 11) is 0. The number of hydrogen-bond donors (Lipinski definition) is 0. The summed E-state index contributed by atoms with van der Waals surface area (Å²) in [5.41, 5.74) is 3.18. The van der Waals surface area contributed by atoms with Crippen molar-refractivity contribution >= 4 is 11.9 Å². The van der Waals surface area contributed by atoms with Crippen molar-refractivity contribution in [3.8, 4) is 0 Å². The quantitative estimate of drug-likeness (QED) is 0.722. The number of halogens is 1. The topological polar surface area (TPSA) is 46.6 Å². The van der Waals surface area contributed by atoms with Crippen LogP contribution in [0.15, 0.2) is 48.5 Å². The number of rotatable bonds is 6. The first kappa shape index (κ1) is 19.1. The van der Waals surface area contributed by atoms with Crippen molar-refractivity contribution in [2.24, 2.45) is 0 Å². The minimum Gasteiger partial charge on any atom is -0.466 e. The average Bonchev–Trinajstić information content (AvgIpc) is 2.68. The number of hydrogen-bond acceptors (Lipinski definition) is 3. The predicted molar refractivity (Wildman–Crippen MR) is 101 cm³/mol. The fraction of sp³-hybridized carbons (Fsp3) is 0.364. The summed E-state index contributed by atoms with van der Waals surface area (Å²) in [6.07, 6.45) is 1.79. The molecule has 0 saturated heterocycles. The van der Waals surface area contributed by atoms with Gasteiger partial charge >= 0.3 is 5.97 Å². The van der Waals surface area contributed by atoms with Crippen molar-refractivity contribution < 1.29 is 18.7 Å². The largest absolute Gasteiger partial charge is 0.466 e. The number of fused-ring (bicyclic) bond motifs is 1. The van der Waals surface area contributed by atoms with E-state index in [1.807, 2.05) is 23.1 Å². The zero-order chi connectivity index (χ0) is 19.2. The maximum Gasteiger partial charge on any atom is 0.305 e. The summed E-state index contributed by atoms with van der Waals surface area (Å²) in [5.74, 6) is -0.567. The molecule has 2 aromatic rings. The Kier molecular flexibility index (Phi) is 6.22. The Hall–Kier alpha value is -2.69. The van der Waals surface area contributed by atoms with Crippen molar-refractivity contribution in [2.45, 2.75) is 38.6 Å². The minimum absolute atomic E-state index is 0.00289. The van der Waals surface area contributed by atoms with Crippen molar-refractivity contribution in [1.82, 2.24) is 4.90 Å². The molecule has 0 spiro atoms. The molecule has 0 aliphatic carbocycles. The van der Waals surface area contributed by atoms with E-state index in [-0.39, 0.29) is 30.2 Å². The van der Waals surface area contributed by atoms with E-state index < -0.39 is 0 Å². The second kappa shape index (κ2) is 8.80. The van der Waals surface area contributed by atoms with Gasteiger partial charge in [0.1, 0.15) is 5.82 Å². The third-order valence-corrected chi connectivity index (χ3v) is 4.87. The van der Waals surface area contributed by atoms with Crippen LogP contribution in [0.5, 0.6) is 0 Å². The lowest BCUT2D eigenvalue weighted by atomic mass is 9.88. The van der Waals surface area contributed by atoms with Gasteiger partial charge in [-0.25, -0.2) is 4.39 Å². The number of amides is 1. The van der Waals surface area contributed by atoms with Crippen LogP contribution in [0.4, 0.5) is 4.39 Å². The molecular weight excluding hydrogens is 345 g/mol. The Bertz CT molecular complexity index is 803. The van der Waals surface area contributed by atoms with Gasteiger partial charge in [0.05, 0.1) is 12.6 Å². The summed E-state index contributed by atoms with van der Waals surface area (Å²) in [4.78, 5) is 26.2. The zero-order valence-electron chi connectivity index (χ0n) is 15.5. The number of carbonyl (C=O) groups excluding carboxylic acids is 2. The third kappa shape index (κ3) is 4.54. The monoisotopic (exact) mass is 369 g/mol. The van der Waals surface area contributed by atoms with Crippen LogP contribution in [0.25, 0.3) is 0 Å². The highest BCUT2D eigenvalue weighted by atomic mass is 19.1. The van der Waals surface area contributed by atoms with Gasteiger partial charge in [-0.1, -0.05) is 36.4 Å². The molecule has 0 saturated carbocycles.